The summed E-state index contributed by atoms with van der Waals surface area (Å²) >= 11 is 0. The Morgan fingerprint density at radius 3 is 2.82 bits per heavy atom. The Hall–Kier alpha value is -1.69. The predicted octanol–water partition coefficient (Wildman–Crippen LogP) is 1.46. The quantitative estimate of drug-likeness (QED) is 0.896. The van der Waals surface area contributed by atoms with Gasteiger partial charge in [0.1, 0.15) is 12.1 Å². The van der Waals surface area contributed by atoms with Gasteiger partial charge in [-0.3, -0.25) is 4.79 Å². The Morgan fingerprint density at radius 1 is 1.36 bits per heavy atom. The number of anilines is 1. The van der Waals surface area contributed by atoms with Gasteiger partial charge in [-0.25, -0.2) is 9.97 Å². The Labute approximate surface area is 131 Å². The minimum Gasteiger partial charge on any atom is -0.387 e. The first-order chi connectivity index (χ1) is 10.5. The number of aromatic nitrogens is 2. The van der Waals surface area contributed by atoms with Crippen LogP contribution >= 0.6 is 0 Å². The van der Waals surface area contributed by atoms with E-state index in [0.717, 1.165) is 36.7 Å². The molecule has 1 amide bonds. The number of nitrogens with zero attached hydrogens (tertiary/aromatic N) is 4. The molecule has 0 spiro atoms. The third-order valence-electron chi connectivity index (χ3n) is 4.83. The maximum atomic E-state index is 11.9. The van der Waals surface area contributed by atoms with Crippen LogP contribution in [0.4, 0.5) is 5.82 Å². The number of piperazine rings is 1. The molecule has 6 heteroatoms. The van der Waals surface area contributed by atoms with E-state index >= 15 is 0 Å². The highest BCUT2D eigenvalue weighted by Gasteiger charge is 2.35. The summed E-state index contributed by atoms with van der Waals surface area (Å²) in [5.74, 6) is 1.41. The number of hydrogen-bond donors (Lipinski definition) is 1. The molecule has 3 rings (SSSR count). The molecule has 0 bridgehead atoms. The average Bonchev–Trinajstić information content (AvgIpc) is 2.81. The third-order valence-corrected chi connectivity index (χ3v) is 4.83. The monoisotopic (exact) mass is 304 g/mol. The second kappa shape index (κ2) is 5.83. The van der Waals surface area contributed by atoms with Crippen LogP contribution in [0.3, 0.4) is 0 Å². The highest BCUT2D eigenvalue weighted by atomic mass is 16.3. The summed E-state index contributed by atoms with van der Waals surface area (Å²) < 4.78 is 0. The Bertz CT molecular complexity index is 577. The van der Waals surface area contributed by atoms with Gasteiger partial charge in [0.2, 0.25) is 5.91 Å². The van der Waals surface area contributed by atoms with Crippen LogP contribution < -0.4 is 4.90 Å². The van der Waals surface area contributed by atoms with E-state index in [2.05, 4.69) is 28.7 Å². The minimum absolute atomic E-state index is 0.211. The smallest absolute Gasteiger partial charge is 0.222 e. The fourth-order valence-electron chi connectivity index (χ4n) is 3.65. The molecule has 1 fully saturated rings. The van der Waals surface area contributed by atoms with E-state index < -0.39 is 6.10 Å². The summed E-state index contributed by atoms with van der Waals surface area (Å²) in [5.41, 5.74) is 1.86. The van der Waals surface area contributed by atoms with Crippen LogP contribution in [-0.2, 0) is 4.79 Å². The number of carbonyl (C=O) groups is 1. The number of hydrogen-bond acceptors (Lipinski definition) is 5. The summed E-state index contributed by atoms with van der Waals surface area (Å²) in [7, 11) is 0. The molecule has 1 aliphatic heterocycles. The average molecular weight is 304 g/mol. The fourth-order valence-corrected chi connectivity index (χ4v) is 3.65. The largest absolute Gasteiger partial charge is 0.387 e. The van der Waals surface area contributed by atoms with E-state index in [-0.39, 0.29) is 17.9 Å². The standard InChI is InChI=1S/C16H24N4O2/c1-4-13(22)19-5-6-20(11(3)8-19)16-14-10(2)7-12(21)15(14)17-9-18-16/h9-12,21H,4-8H2,1-3H3/t10-,11?,12-/m1/s1. The maximum Gasteiger partial charge on any atom is 0.222 e. The maximum absolute atomic E-state index is 11.9. The second-order valence-electron chi connectivity index (χ2n) is 6.38. The second-order valence-corrected chi connectivity index (χ2v) is 6.38. The van der Waals surface area contributed by atoms with Gasteiger partial charge in [-0.05, 0) is 19.3 Å². The van der Waals surface area contributed by atoms with Crippen molar-refractivity contribution in [1.29, 1.82) is 0 Å². The molecule has 120 valence electrons. The molecule has 2 heterocycles. The Morgan fingerprint density at radius 2 is 2.14 bits per heavy atom. The lowest BCUT2D eigenvalue weighted by Crippen LogP contribution is -2.54. The van der Waals surface area contributed by atoms with Crippen LogP contribution in [0.15, 0.2) is 6.33 Å². The van der Waals surface area contributed by atoms with Gasteiger partial charge in [-0.15, -0.1) is 0 Å². The molecule has 0 aromatic carbocycles. The molecular weight excluding hydrogens is 280 g/mol. The van der Waals surface area contributed by atoms with Crippen molar-refractivity contribution in [3.8, 4) is 0 Å². The van der Waals surface area contributed by atoms with E-state index in [0.29, 0.717) is 12.8 Å². The molecular formula is C16H24N4O2. The molecule has 22 heavy (non-hydrogen) atoms. The van der Waals surface area contributed by atoms with Gasteiger partial charge >= 0.3 is 0 Å². The Kier molecular flexibility index (Phi) is 4.04. The zero-order valence-electron chi connectivity index (χ0n) is 13.5. The van der Waals surface area contributed by atoms with Gasteiger partial charge in [-0.1, -0.05) is 13.8 Å². The van der Waals surface area contributed by atoms with Crippen molar-refractivity contribution in [2.24, 2.45) is 0 Å². The van der Waals surface area contributed by atoms with Crippen LogP contribution in [0.5, 0.6) is 0 Å². The van der Waals surface area contributed by atoms with Gasteiger partial charge in [0.25, 0.3) is 0 Å². The molecule has 2 aliphatic rings. The lowest BCUT2D eigenvalue weighted by atomic mass is 10.0. The van der Waals surface area contributed by atoms with Crippen LogP contribution in [0, 0.1) is 0 Å². The van der Waals surface area contributed by atoms with Crippen molar-refractivity contribution < 1.29 is 9.90 Å². The lowest BCUT2D eigenvalue weighted by Gasteiger charge is -2.41. The summed E-state index contributed by atoms with van der Waals surface area (Å²) in [6, 6.07) is 0.216. The molecule has 1 saturated heterocycles. The zero-order chi connectivity index (χ0) is 15.9. The van der Waals surface area contributed by atoms with Gasteiger partial charge in [0.15, 0.2) is 0 Å². The van der Waals surface area contributed by atoms with Crippen molar-refractivity contribution in [2.75, 3.05) is 24.5 Å². The molecule has 3 atom stereocenters. The van der Waals surface area contributed by atoms with E-state index in [9.17, 15) is 9.90 Å². The van der Waals surface area contributed by atoms with E-state index in [1.807, 2.05) is 11.8 Å². The molecule has 0 radical (unpaired) electrons. The zero-order valence-corrected chi connectivity index (χ0v) is 13.5. The van der Waals surface area contributed by atoms with Crippen LogP contribution in [0.2, 0.25) is 0 Å². The number of rotatable bonds is 2. The number of fused-ring (bicyclic) bond motifs is 1. The molecule has 6 nitrogen and oxygen atoms in total. The normalized spacial score (nSPS) is 27.9. The topological polar surface area (TPSA) is 69.6 Å². The SMILES string of the molecule is CCC(=O)N1CCN(c2ncnc3c2[C@H](C)C[C@H]3O)C(C)C1. The minimum atomic E-state index is -0.481. The molecule has 1 N–H and O–H groups in total. The van der Waals surface area contributed by atoms with E-state index in [1.54, 1.807) is 6.33 Å². The van der Waals surface area contributed by atoms with E-state index in [4.69, 9.17) is 0 Å². The van der Waals surface area contributed by atoms with E-state index in [1.165, 1.54) is 0 Å². The Balaban J connectivity index is 1.86. The fraction of sp³-hybridized carbons (Fsp3) is 0.688. The van der Waals surface area contributed by atoms with Gasteiger partial charge in [0.05, 0.1) is 11.8 Å². The number of carbonyl (C=O) groups excluding carboxylic acids is 1. The van der Waals surface area contributed by atoms with Gasteiger partial charge in [0, 0.05) is 37.7 Å². The van der Waals surface area contributed by atoms with Crippen molar-refractivity contribution in [2.45, 2.75) is 51.7 Å². The summed E-state index contributed by atoms with van der Waals surface area (Å²) in [6.07, 6.45) is 2.33. The molecule has 1 aliphatic carbocycles. The number of aliphatic hydroxyl groups excluding tert-OH is 1. The first-order valence-corrected chi connectivity index (χ1v) is 8.10. The van der Waals surface area contributed by atoms with Crippen molar-refractivity contribution in [3.05, 3.63) is 17.6 Å². The summed E-state index contributed by atoms with van der Waals surface area (Å²) in [4.78, 5) is 24.9. The summed E-state index contributed by atoms with van der Waals surface area (Å²) in [6.45, 7) is 8.37. The molecule has 1 aromatic heterocycles. The first kappa shape index (κ1) is 15.2. The molecule has 1 aromatic rings. The van der Waals surface area contributed by atoms with Crippen molar-refractivity contribution in [3.63, 3.8) is 0 Å². The van der Waals surface area contributed by atoms with Gasteiger partial charge in [-0.2, -0.15) is 0 Å². The predicted molar refractivity (Wildman–Crippen MR) is 83.7 cm³/mol. The molecule has 1 unspecified atom stereocenters. The van der Waals surface area contributed by atoms with Crippen LogP contribution in [0.25, 0.3) is 0 Å². The van der Waals surface area contributed by atoms with Gasteiger partial charge < -0.3 is 14.9 Å². The molecule has 0 saturated carbocycles. The summed E-state index contributed by atoms with van der Waals surface area (Å²) in [5, 5.41) is 10.1. The van der Waals surface area contributed by atoms with Crippen molar-refractivity contribution in [1.82, 2.24) is 14.9 Å². The highest BCUT2D eigenvalue weighted by Crippen LogP contribution is 2.43. The number of amides is 1. The van der Waals surface area contributed by atoms with Crippen LogP contribution in [0.1, 0.15) is 56.9 Å². The van der Waals surface area contributed by atoms with Crippen LogP contribution in [-0.4, -0.2) is 51.6 Å². The van der Waals surface area contributed by atoms with Crippen molar-refractivity contribution >= 4 is 11.7 Å². The first-order valence-electron chi connectivity index (χ1n) is 8.10. The third kappa shape index (κ3) is 2.45. The number of aliphatic hydroxyl groups is 1. The highest BCUT2D eigenvalue weighted by molar-refractivity contribution is 5.76. The lowest BCUT2D eigenvalue weighted by molar-refractivity contribution is -0.131.